The van der Waals surface area contributed by atoms with Gasteiger partial charge in [0.2, 0.25) is 0 Å². The lowest BCUT2D eigenvalue weighted by atomic mass is 10.3. The van der Waals surface area contributed by atoms with E-state index in [2.05, 4.69) is 20.4 Å². The fraction of sp³-hybridized carbons (Fsp3) is 0.300. The lowest BCUT2D eigenvalue weighted by molar-refractivity contribution is 0.613. The van der Waals surface area contributed by atoms with Crippen LogP contribution in [0.5, 0.6) is 0 Å². The van der Waals surface area contributed by atoms with E-state index in [1.54, 1.807) is 17.2 Å². The average molecular weight is 203 g/mol. The van der Waals surface area contributed by atoms with Gasteiger partial charge in [0.1, 0.15) is 12.2 Å². The van der Waals surface area contributed by atoms with Crippen LogP contribution in [-0.2, 0) is 20.1 Å². The third-order valence-corrected chi connectivity index (χ3v) is 2.14. The van der Waals surface area contributed by atoms with Gasteiger partial charge in [0.05, 0.1) is 6.54 Å². The number of aromatic nitrogens is 4. The Labute approximate surface area is 88.2 Å². The van der Waals surface area contributed by atoms with Gasteiger partial charge in [-0.05, 0) is 11.6 Å². The minimum absolute atomic E-state index is 0.714. The maximum absolute atomic E-state index is 4.12. The maximum atomic E-state index is 4.12. The molecule has 2 rings (SSSR count). The second-order valence-corrected chi connectivity index (χ2v) is 3.26. The van der Waals surface area contributed by atoms with E-state index in [1.165, 1.54) is 5.56 Å². The molecule has 78 valence electrons. The molecule has 0 saturated heterocycles. The quantitative estimate of drug-likeness (QED) is 0.786. The summed E-state index contributed by atoms with van der Waals surface area (Å²) in [6, 6.07) is 3.97. The largest absolute Gasteiger partial charge is 0.306 e. The molecule has 0 radical (unpaired) electrons. The van der Waals surface area contributed by atoms with Crippen molar-refractivity contribution in [1.82, 2.24) is 25.1 Å². The van der Waals surface area contributed by atoms with Gasteiger partial charge in [-0.25, -0.2) is 4.98 Å². The number of nitrogens with zero attached hydrogens (tertiary/aromatic N) is 4. The SMILES string of the molecule is Cn1ncnc1CNCc1cccnc1. The van der Waals surface area contributed by atoms with Crippen LogP contribution in [0.1, 0.15) is 11.4 Å². The monoisotopic (exact) mass is 203 g/mol. The van der Waals surface area contributed by atoms with Crippen molar-refractivity contribution >= 4 is 0 Å². The van der Waals surface area contributed by atoms with Crippen LogP contribution in [0.2, 0.25) is 0 Å². The molecule has 2 aromatic heterocycles. The number of pyridine rings is 1. The molecule has 5 heteroatoms. The van der Waals surface area contributed by atoms with Gasteiger partial charge in [-0.2, -0.15) is 5.10 Å². The molecule has 0 amide bonds. The van der Waals surface area contributed by atoms with Crippen molar-refractivity contribution in [1.29, 1.82) is 0 Å². The molecule has 0 aromatic carbocycles. The normalized spacial score (nSPS) is 10.5. The van der Waals surface area contributed by atoms with Gasteiger partial charge in [-0.15, -0.1) is 0 Å². The second kappa shape index (κ2) is 4.65. The number of nitrogens with one attached hydrogen (secondary N) is 1. The third kappa shape index (κ3) is 2.60. The van der Waals surface area contributed by atoms with Crippen LogP contribution in [0.15, 0.2) is 30.9 Å². The highest BCUT2D eigenvalue weighted by Gasteiger charge is 1.98. The molecule has 2 aromatic rings. The fourth-order valence-corrected chi connectivity index (χ4v) is 1.30. The fourth-order valence-electron chi connectivity index (χ4n) is 1.30. The molecule has 0 aliphatic rings. The molecule has 0 atom stereocenters. The molecule has 0 spiro atoms. The van der Waals surface area contributed by atoms with Crippen LogP contribution < -0.4 is 5.32 Å². The summed E-state index contributed by atoms with van der Waals surface area (Å²) in [5, 5.41) is 7.28. The van der Waals surface area contributed by atoms with Crippen molar-refractivity contribution in [2.24, 2.45) is 7.05 Å². The Morgan fingerprint density at radius 1 is 1.40 bits per heavy atom. The number of rotatable bonds is 4. The Balaban J connectivity index is 1.83. The predicted molar refractivity (Wildman–Crippen MR) is 55.8 cm³/mol. The van der Waals surface area contributed by atoms with E-state index in [1.807, 2.05) is 25.4 Å². The molecule has 0 bridgehead atoms. The first kappa shape index (κ1) is 9.79. The standard InChI is InChI=1S/C10H13N5/c1-15-10(13-8-14-15)7-12-6-9-3-2-4-11-5-9/h2-5,8,12H,6-7H2,1H3. The van der Waals surface area contributed by atoms with E-state index in [0.717, 1.165) is 12.4 Å². The highest BCUT2D eigenvalue weighted by molar-refractivity contribution is 5.07. The van der Waals surface area contributed by atoms with Crippen LogP contribution in [0.3, 0.4) is 0 Å². The molecule has 5 nitrogen and oxygen atoms in total. The number of hydrogen-bond donors (Lipinski definition) is 1. The lowest BCUT2D eigenvalue weighted by Crippen LogP contribution is -2.16. The Morgan fingerprint density at radius 2 is 2.33 bits per heavy atom. The Hall–Kier alpha value is -1.75. The van der Waals surface area contributed by atoms with Gasteiger partial charge in [0.25, 0.3) is 0 Å². The van der Waals surface area contributed by atoms with E-state index >= 15 is 0 Å². The summed E-state index contributed by atoms with van der Waals surface area (Å²) in [6.45, 7) is 1.51. The number of aryl methyl sites for hydroxylation is 1. The zero-order valence-corrected chi connectivity index (χ0v) is 8.59. The molecule has 2 heterocycles. The molecule has 0 unspecified atom stereocenters. The molecule has 0 aliphatic heterocycles. The van der Waals surface area contributed by atoms with E-state index in [-0.39, 0.29) is 0 Å². The van der Waals surface area contributed by atoms with Gasteiger partial charge in [-0.3, -0.25) is 9.67 Å². The van der Waals surface area contributed by atoms with Crippen LogP contribution in [0.4, 0.5) is 0 Å². The smallest absolute Gasteiger partial charge is 0.140 e. The summed E-state index contributed by atoms with van der Waals surface area (Å²) < 4.78 is 1.76. The average Bonchev–Trinajstić information content (AvgIpc) is 2.66. The predicted octanol–water partition coefficient (Wildman–Crippen LogP) is 0.500. The zero-order valence-electron chi connectivity index (χ0n) is 8.59. The van der Waals surface area contributed by atoms with E-state index in [0.29, 0.717) is 6.54 Å². The summed E-state index contributed by atoms with van der Waals surface area (Å²) in [4.78, 5) is 8.17. The van der Waals surface area contributed by atoms with Crippen LogP contribution >= 0.6 is 0 Å². The van der Waals surface area contributed by atoms with Crippen molar-refractivity contribution in [3.63, 3.8) is 0 Å². The minimum atomic E-state index is 0.714. The van der Waals surface area contributed by atoms with Crippen molar-refractivity contribution < 1.29 is 0 Å². The highest BCUT2D eigenvalue weighted by atomic mass is 15.3. The molecule has 0 aliphatic carbocycles. The molecular weight excluding hydrogens is 190 g/mol. The summed E-state index contributed by atoms with van der Waals surface area (Å²) in [6.07, 6.45) is 5.18. The van der Waals surface area contributed by atoms with Crippen molar-refractivity contribution in [2.45, 2.75) is 13.1 Å². The highest BCUT2D eigenvalue weighted by Crippen LogP contribution is 1.96. The zero-order chi connectivity index (χ0) is 10.5. The third-order valence-electron chi connectivity index (χ3n) is 2.14. The van der Waals surface area contributed by atoms with E-state index < -0.39 is 0 Å². The van der Waals surface area contributed by atoms with Crippen molar-refractivity contribution in [3.8, 4) is 0 Å². The Bertz CT molecular complexity index is 409. The first-order valence-electron chi connectivity index (χ1n) is 4.79. The molecule has 0 saturated carbocycles. The molecule has 15 heavy (non-hydrogen) atoms. The first-order chi connectivity index (χ1) is 7.36. The molecule has 1 N–H and O–H groups in total. The van der Waals surface area contributed by atoms with E-state index in [9.17, 15) is 0 Å². The van der Waals surface area contributed by atoms with Gasteiger partial charge >= 0.3 is 0 Å². The van der Waals surface area contributed by atoms with Crippen LogP contribution in [0.25, 0.3) is 0 Å². The first-order valence-corrected chi connectivity index (χ1v) is 4.79. The van der Waals surface area contributed by atoms with Gasteiger partial charge < -0.3 is 5.32 Å². The summed E-state index contributed by atoms with van der Waals surface area (Å²) >= 11 is 0. The summed E-state index contributed by atoms with van der Waals surface area (Å²) in [5.41, 5.74) is 1.17. The Kier molecular flexibility index (Phi) is 3.04. The lowest BCUT2D eigenvalue weighted by Gasteiger charge is -2.03. The van der Waals surface area contributed by atoms with Crippen LogP contribution in [0, 0.1) is 0 Å². The van der Waals surface area contributed by atoms with Crippen molar-refractivity contribution in [2.75, 3.05) is 0 Å². The Morgan fingerprint density at radius 3 is 3.00 bits per heavy atom. The summed E-state index contributed by atoms with van der Waals surface area (Å²) in [5.74, 6) is 0.930. The summed E-state index contributed by atoms with van der Waals surface area (Å²) in [7, 11) is 1.88. The minimum Gasteiger partial charge on any atom is -0.306 e. The van der Waals surface area contributed by atoms with Gasteiger partial charge in [0, 0.05) is 26.0 Å². The van der Waals surface area contributed by atoms with Crippen molar-refractivity contribution in [3.05, 3.63) is 42.2 Å². The van der Waals surface area contributed by atoms with Gasteiger partial charge in [0.15, 0.2) is 0 Å². The molecule has 0 fully saturated rings. The van der Waals surface area contributed by atoms with E-state index in [4.69, 9.17) is 0 Å². The number of hydrogen-bond acceptors (Lipinski definition) is 4. The maximum Gasteiger partial charge on any atom is 0.140 e. The van der Waals surface area contributed by atoms with Gasteiger partial charge in [-0.1, -0.05) is 6.07 Å². The molecular formula is C10H13N5. The topological polar surface area (TPSA) is 55.6 Å². The second-order valence-electron chi connectivity index (χ2n) is 3.26. The van der Waals surface area contributed by atoms with Crippen LogP contribution in [-0.4, -0.2) is 19.7 Å².